The first-order valence-electron chi connectivity index (χ1n) is 5.49. The molecular formula is C13H19NO. The van der Waals surface area contributed by atoms with Crippen LogP contribution in [0.15, 0.2) is 24.3 Å². The Bertz CT molecular complexity index is 325. The Kier molecular flexibility index (Phi) is 2.70. The zero-order valence-electron chi connectivity index (χ0n) is 9.79. The summed E-state index contributed by atoms with van der Waals surface area (Å²) in [5.41, 5.74) is 2.71. The van der Waals surface area contributed by atoms with Crippen LogP contribution in [0.2, 0.25) is 0 Å². The van der Waals surface area contributed by atoms with Gasteiger partial charge in [0.2, 0.25) is 0 Å². The van der Waals surface area contributed by atoms with Crippen molar-refractivity contribution in [3.8, 4) is 0 Å². The number of benzene rings is 1. The summed E-state index contributed by atoms with van der Waals surface area (Å²) in [6.07, 6.45) is 2.21. The standard InChI is InChI=1S/C13H19NO/c1-13(8-9-15-13)10-11-4-6-12(7-5-11)14(2)3/h4-7H,8-10H2,1-3H3. The second-order valence-corrected chi connectivity index (χ2v) is 4.79. The monoisotopic (exact) mass is 205 g/mol. The highest BCUT2D eigenvalue weighted by molar-refractivity contribution is 5.46. The highest BCUT2D eigenvalue weighted by Gasteiger charge is 2.32. The van der Waals surface area contributed by atoms with Gasteiger partial charge in [-0.1, -0.05) is 12.1 Å². The van der Waals surface area contributed by atoms with Crippen molar-refractivity contribution >= 4 is 5.69 Å². The van der Waals surface area contributed by atoms with Gasteiger partial charge >= 0.3 is 0 Å². The highest BCUT2D eigenvalue weighted by atomic mass is 16.5. The zero-order valence-corrected chi connectivity index (χ0v) is 9.79. The predicted molar refractivity (Wildman–Crippen MR) is 63.4 cm³/mol. The number of rotatable bonds is 3. The Hall–Kier alpha value is -1.02. The molecule has 0 N–H and O–H groups in total. The summed E-state index contributed by atoms with van der Waals surface area (Å²) in [6, 6.07) is 8.72. The molecule has 0 radical (unpaired) electrons. The molecule has 2 rings (SSSR count). The molecule has 2 nitrogen and oxygen atoms in total. The lowest BCUT2D eigenvalue weighted by Crippen LogP contribution is -2.42. The predicted octanol–water partition coefficient (Wildman–Crippen LogP) is 2.47. The van der Waals surface area contributed by atoms with Crippen molar-refractivity contribution < 1.29 is 4.74 Å². The summed E-state index contributed by atoms with van der Waals surface area (Å²) in [5.74, 6) is 0. The van der Waals surface area contributed by atoms with E-state index < -0.39 is 0 Å². The van der Waals surface area contributed by atoms with E-state index in [9.17, 15) is 0 Å². The van der Waals surface area contributed by atoms with E-state index in [1.165, 1.54) is 17.7 Å². The SMILES string of the molecule is CN(C)c1ccc(CC2(C)CCO2)cc1. The van der Waals surface area contributed by atoms with Crippen LogP contribution in [0.25, 0.3) is 0 Å². The van der Waals surface area contributed by atoms with Gasteiger partial charge in [0.25, 0.3) is 0 Å². The summed E-state index contributed by atoms with van der Waals surface area (Å²) in [5, 5.41) is 0. The fourth-order valence-electron chi connectivity index (χ4n) is 1.93. The van der Waals surface area contributed by atoms with Crippen molar-refractivity contribution in [2.24, 2.45) is 0 Å². The third-order valence-corrected chi connectivity index (χ3v) is 3.11. The molecular weight excluding hydrogens is 186 g/mol. The van der Waals surface area contributed by atoms with Gasteiger partial charge in [0.15, 0.2) is 0 Å². The normalized spacial score (nSPS) is 24.7. The van der Waals surface area contributed by atoms with Crippen molar-refractivity contribution in [1.82, 2.24) is 0 Å². The highest BCUT2D eigenvalue weighted by Crippen LogP contribution is 2.30. The van der Waals surface area contributed by atoms with E-state index in [1.54, 1.807) is 0 Å². The molecule has 82 valence electrons. The third-order valence-electron chi connectivity index (χ3n) is 3.11. The van der Waals surface area contributed by atoms with Crippen LogP contribution >= 0.6 is 0 Å². The van der Waals surface area contributed by atoms with Gasteiger partial charge in [0, 0.05) is 26.2 Å². The average Bonchev–Trinajstić information content (AvgIpc) is 2.16. The summed E-state index contributed by atoms with van der Waals surface area (Å²) in [6.45, 7) is 3.11. The molecule has 2 heteroatoms. The Morgan fingerprint density at radius 3 is 2.27 bits per heavy atom. The van der Waals surface area contributed by atoms with Crippen LogP contribution in [0, 0.1) is 0 Å². The number of hydrogen-bond acceptors (Lipinski definition) is 2. The van der Waals surface area contributed by atoms with Crippen LogP contribution in [0.1, 0.15) is 18.9 Å². The molecule has 1 unspecified atom stereocenters. The van der Waals surface area contributed by atoms with Crippen LogP contribution in [-0.2, 0) is 11.2 Å². The maximum absolute atomic E-state index is 5.59. The Morgan fingerprint density at radius 2 is 1.87 bits per heavy atom. The minimum Gasteiger partial charge on any atom is -0.378 e. The molecule has 1 aliphatic rings. The second kappa shape index (κ2) is 3.86. The molecule has 0 amide bonds. The number of ether oxygens (including phenoxy) is 1. The molecule has 0 spiro atoms. The molecule has 1 aromatic rings. The lowest BCUT2D eigenvalue weighted by molar-refractivity contribution is -0.132. The molecule has 1 saturated heterocycles. The molecule has 1 aliphatic heterocycles. The minimum atomic E-state index is 0.0969. The topological polar surface area (TPSA) is 12.5 Å². The first-order chi connectivity index (χ1) is 7.09. The van der Waals surface area contributed by atoms with E-state index in [0.717, 1.165) is 13.0 Å². The summed E-state index contributed by atoms with van der Waals surface area (Å²) in [7, 11) is 4.12. The van der Waals surface area contributed by atoms with Gasteiger partial charge in [-0.2, -0.15) is 0 Å². The van der Waals surface area contributed by atoms with Crippen molar-refractivity contribution in [1.29, 1.82) is 0 Å². The van der Waals surface area contributed by atoms with E-state index >= 15 is 0 Å². The second-order valence-electron chi connectivity index (χ2n) is 4.79. The Morgan fingerprint density at radius 1 is 1.27 bits per heavy atom. The molecule has 1 atom stereocenters. The molecule has 1 aromatic carbocycles. The number of anilines is 1. The Balaban J connectivity index is 2.04. The van der Waals surface area contributed by atoms with Crippen molar-refractivity contribution in [3.63, 3.8) is 0 Å². The number of nitrogens with zero attached hydrogens (tertiary/aromatic N) is 1. The molecule has 0 aromatic heterocycles. The van der Waals surface area contributed by atoms with Crippen LogP contribution < -0.4 is 4.90 Å². The largest absolute Gasteiger partial charge is 0.378 e. The third kappa shape index (κ3) is 2.32. The van der Waals surface area contributed by atoms with Gasteiger partial charge < -0.3 is 9.64 Å². The first-order valence-corrected chi connectivity index (χ1v) is 5.49. The quantitative estimate of drug-likeness (QED) is 0.751. The van der Waals surface area contributed by atoms with Crippen LogP contribution in [-0.4, -0.2) is 26.3 Å². The van der Waals surface area contributed by atoms with Crippen molar-refractivity contribution in [3.05, 3.63) is 29.8 Å². The maximum atomic E-state index is 5.59. The van der Waals surface area contributed by atoms with Gasteiger partial charge in [-0.3, -0.25) is 0 Å². The smallest absolute Gasteiger partial charge is 0.0716 e. The number of hydrogen-bond donors (Lipinski definition) is 0. The van der Waals surface area contributed by atoms with E-state index in [0.29, 0.717) is 0 Å². The average molecular weight is 205 g/mol. The molecule has 0 saturated carbocycles. The Labute approximate surface area is 91.9 Å². The van der Waals surface area contributed by atoms with E-state index in [-0.39, 0.29) is 5.60 Å². The van der Waals surface area contributed by atoms with Crippen LogP contribution in [0.4, 0.5) is 5.69 Å². The van der Waals surface area contributed by atoms with Crippen molar-refractivity contribution in [2.75, 3.05) is 25.6 Å². The van der Waals surface area contributed by atoms with Crippen LogP contribution in [0.5, 0.6) is 0 Å². The van der Waals surface area contributed by atoms with E-state index in [4.69, 9.17) is 4.74 Å². The molecule has 15 heavy (non-hydrogen) atoms. The van der Waals surface area contributed by atoms with E-state index in [1.807, 2.05) is 0 Å². The minimum absolute atomic E-state index is 0.0969. The van der Waals surface area contributed by atoms with Gasteiger partial charge in [0.1, 0.15) is 0 Å². The lowest BCUT2D eigenvalue weighted by atomic mass is 9.89. The molecule has 1 fully saturated rings. The van der Waals surface area contributed by atoms with Gasteiger partial charge in [0.05, 0.1) is 12.2 Å². The fraction of sp³-hybridized carbons (Fsp3) is 0.538. The van der Waals surface area contributed by atoms with Gasteiger partial charge in [-0.15, -0.1) is 0 Å². The van der Waals surface area contributed by atoms with E-state index in [2.05, 4.69) is 50.2 Å². The fourth-order valence-corrected chi connectivity index (χ4v) is 1.93. The molecule has 0 aliphatic carbocycles. The van der Waals surface area contributed by atoms with Gasteiger partial charge in [-0.05, 0) is 31.0 Å². The summed E-state index contributed by atoms with van der Waals surface area (Å²) in [4.78, 5) is 2.12. The van der Waals surface area contributed by atoms with Crippen LogP contribution in [0.3, 0.4) is 0 Å². The molecule has 0 bridgehead atoms. The van der Waals surface area contributed by atoms with Gasteiger partial charge in [-0.25, -0.2) is 0 Å². The zero-order chi connectivity index (χ0) is 10.9. The summed E-state index contributed by atoms with van der Waals surface area (Å²) >= 11 is 0. The summed E-state index contributed by atoms with van der Waals surface area (Å²) < 4.78 is 5.59. The maximum Gasteiger partial charge on any atom is 0.0716 e. The lowest BCUT2D eigenvalue weighted by Gasteiger charge is -2.38. The first kappa shape index (κ1) is 10.5. The van der Waals surface area contributed by atoms with Crippen molar-refractivity contribution in [2.45, 2.75) is 25.4 Å². The molecule has 1 heterocycles.